The highest BCUT2D eigenvalue weighted by Crippen LogP contribution is 2.30. The molecule has 1 aliphatic rings. The van der Waals surface area contributed by atoms with Crippen molar-refractivity contribution in [1.29, 1.82) is 0 Å². The van der Waals surface area contributed by atoms with E-state index >= 15 is 0 Å². The van der Waals surface area contributed by atoms with Gasteiger partial charge in [-0.3, -0.25) is 9.59 Å². The number of Topliss-reactive ketones (excluding diaryl/α,β-unsaturated/α-hetero) is 1. The second-order valence-corrected chi connectivity index (χ2v) is 6.22. The fraction of sp³-hybridized carbons (Fsp3) is 0.263. The lowest BCUT2D eigenvalue weighted by Crippen LogP contribution is -2.42. The predicted molar refractivity (Wildman–Crippen MR) is 96.3 cm³/mol. The van der Waals surface area contributed by atoms with Gasteiger partial charge in [0, 0.05) is 5.02 Å². The average Bonchev–Trinajstić information content (AvgIpc) is 2.65. The second-order valence-electron chi connectivity index (χ2n) is 5.79. The smallest absolute Gasteiger partial charge is 0.258 e. The zero-order valence-corrected chi connectivity index (χ0v) is 14.9. The van der Waals surface area contributed by atoms with Crippen LogP contribution < -0.4 is 19.5 Å². The predicted octanol–water partition coefficient (Wildman–Crippen LogP) is 2.88. The van der Waals surface area contributed by atoms with Crippen LogP contribution in [0.2, 0.25) is 5.02 Å². The quantitative estimate of drug-likeness (QED) is 0.786. The van der Waals surface area contributed by atoms with Crippen LogP contribution in [0.25, 0.3) is 0 Å². The number of carbonyl (C=O) groups is 2. The van der Waals surface area contributed by atoms with Crippen LogP contribution in [0.4, 0.5) is 0 Å². The SMILES string of the molecule is CC(=O)c1cc(Cl)ccc1OCC(=O)NC[C@H]1COc2ccccc2O1. The number of para-hydroxylation sites is 2. The summed E-state index contributed by atoms with van der Waals surface area (Å²) in [6.45, 7) is 1.84. The number of rotatable bonds is 6. The lowest BCUT2D eigenvalue weighted by Gasteiger charge is -2.26. The molecule has 0 aliphatic carbocycles. The molecule has 1 N–H and O–H groups in total. The monoisotopic (exact) mass is 375 g/mol. The van der Waals surface area contributed by atoms with E-state index in [0.29, 0.717) is 34.4 Å². The fourth-order valence-corrected chi connectivity index (χ4v) is 2.66. The van der Waals surface area contributed by atoms with Crippen molar-refractivity contribution >= 4 is 23.3 Å². The molecule has 1 heterocycles. The van der Waals surface area contributed by atoms with Crippen LogP contribution in [0.1, 0.15) is 17.3 Å². The maximum Gasteiger partial charge on any atom is 0.258 e. The Morgan fingerprint density at radius 1 is 1.23 bits per heavy atom. The Balaban J connectivity index is 1.49. The Labute approximate surface area is 156 Å². The molecule has 0 radical (unpaired) electrons. The van der Waals surface area contributed by atoms with Gasteiger partial charge in [-0.25, -0.2) is 0 Å². The van der Waals surface area contributed by atoms with E-state index in [2.05, 4.69) is 5.32 Å². The lowest BCUT2D eigenvalue weighted by molar-refractivity contribution is -0.123. The summed E-state index contributed by atoms with van der Waals surface area (Å²) in [4.78, 5) is 23.6. The first kappa shape index (κ1) is 18.1. The molecular weight excluding hydrogens is 358 g/mol. The normalized spacial score (nSPS) is 15.2. The number of amides is 1. The van der Waals surface area contributed by atoms with Crippen LogP contribution in [0.5, 0.6) is 17.2 Å². The van der Waals surface area contributed by atoms with Crippen LogP contribution in [0, 0.1) is 0 Å². The molecule has 0 unspecified atom stereocenters. The second kappa shape index (κ2) is 8.10. The summed E-state index contributed by atoms with van der Waals surface area (Å²) in [6.07, 6.45) is -0.280. The molecule has 2 aromatic rings. The van der Waals surface area contributed by atoms with Crippen LogP contribution in [-0.2, 0) is 4.79 Å². The van der Waals surface area contributed by atoms with Gasteiger partial charge in [0.2, 0.25) is 0 Å². The van der Waals surface area contributed by atoms with E-state index in [1.807, 2.05) is 24.3 Å². The maximum atomic E-state index is 12.0. The average molecular weight is 376 g/mol. The van der Waals surface area contributed by atoms with E-state index < -0.39 is 0 Å². The summed E-state index contributed by atoms with van der Waals surface area (Å²) in [7, 11) is 0. The van der Waals surface area contributed by atoms with Gasteiger partial charge in [-0.1, -0.05) is 23.7 Å². The first-order valence-corrected chi connectivity index (χ1v) is 8.49. The Morgan fingerprint density at radius 3 is 2.77 bits per heavy atom. The third-order valence-corrected chi connectivity index (χ3v) is 4.01. The lowest BCUT2D eigenvalue weighted by atomic mass is 10.1. The van der Waals surface area contributed by atoms with Crippen molar-refractivity contribution in [3.63, 3.8) is 0 Å². The number of carbonyl (C=O) groups excluding carboxylic acids is 2. The summed E-state index contributed by atoms with van der Waals surface area (Å²) in [6, 6.07) is 12.1. The molecule has 1 amide bonds. The summed E-state index contributed by atoms with van der Waals surface area (Å²) < 4.78 is 16.8. The summed E-state index contributed by atoms with van der Waals surface area (Å²) in [5.41, 5.74) is 0.339. The van der Waals surface area contributed by atoms with Gasteiger partial charge in [0.1, 0.15) is 18.5 Å². The molecule has 136 valence electrons. The van der Waals surface area contributed by atoms with Crippen molar-refractivity contribution in [3.8, 4) is 17.2 Å². The zero-order chi connectivity index (χ0) is 18.5. The van der Waals surface area contributed by atoms with E-state index in [4.69, 9.17) is 25.8 Å². The molecule has 26 heavy (non-hydrogen) atoms. The first-order valence-electron chi connectivity index (χ1n) is 8.11. The number of ketones is 1. The van der Waals surface area contributed by atoms with E-state index in [1.165, 1.54) is 13.0 Å². The van der Waals surface area contributed by atoms with Crippen molar-refractivity contribution < 1.29 is 23.8 Å². The minimum atomic E-state index is -0.322. The highest BCUT2D eigenvalue weighted by molar-refractivity contribution is 6.31. The van der Waals surface area contributed by atoms with Crippen molar-refractivity contribution in [2.24, 2.45) is 0 Å². The zero-order valence-electron chi connectivity index (χ0n) is 14.2. The molecule has 7 heteroatoms. The molecule has 0 saturated carbocycles. The minimum absolute atomic E-state index is 0.186. The fourth-order valence-electron chi connectivity index (χ4n) is 2.49. The topological polar surface area (TPSA) is 73.9 Å². The number of ether oxygens (including phenoxy) is 3. The van der Waals surface area contributed by atoms with E-state index in [9.17, 15) is 9.59 Å². The molecule has 3 rings (SSSR count). The largest absolute Gasteiger partial charge is 0.486 e. The first-order chi connectivity index (χ1) is 12.5. The van der Waals surface area contributed by atoms with Gasteiger partial charge in [0.15, 0.2) is 23.9 Å². The summed E-state index contributed by atoms with van der Waals surface area (Å²) in [5, 5.41) is 3.17. The van der Waals surface area contributed by atoms with Crippen molar-refractivity contribution in [2.75, 3.05) is 19.8 Å². The van der Waals surface area contributed by atoms with Gasteiger partial charge in [-0.2, -0.15) is 0 Å². The van der Waals surface area contributed by atoms with Crippen molar-refractivity contribution in [3.05, 3.63) is 53.1 Å². The van der Waals surface area contributed by atoms with Gasteiger partial charge in [0.25, 0.3) is 5.91 Å². The molecule has 0 fully saturated rings. The Kier molecular flexibility index (Phi) is 5.63. The van der Waals surface area contributed by atoms with Crippen LogP contribution in [0.3, 0.4) is 0 Å². The van der Waals surface area contributed by atoms with Gasteiger partial charge in [-0.15, -0.1) is 0 Å². The van der Waals surface area contributed by atoms with Crippen LogP contribution >= 0.6 is 11.6 Å². The van der Waals surface area contributed by atoms with E-state index in [1.54, 1.807) is 12.1 Å². The standard InChI is InChI=1S/C19H18ClNO5/c1-12(22)15-8-13(20)6-7-16(15)25-11-19(23)21-9-14-10-24-17-4-2-3-5-18(17)26-14/h2-8,14H,9-11H2,1H3,(H,21,23)/t14-/m0/s1. The molecule has 0 bridgehead atoms. The third kappa shape index (κ3) is 4.46. The minimum Gasteiger partial charge on any atom is -0.486 e. The van der Waals surface area contributed by atoms with Crippen molar-refractivity contribution in [2.45, 2.75) is 13.0 Å². The number of hydrogen-bond donors (Lipinski definition) is 1. The van der Waals surface area contributed by atoms with Gasteiger partial charge >= 0.3 is 0 Å². The molecular formula is C19H18ClNO5. The Bertz CT molecular complexity index is 823. The summed E-state index contributed by atoms with van der Waals surface area (Å²) in [5.74, 6) is 1.16. The number of halogens is 1. The highest BCUT2D eigenvalue weighted by Gasteiger charge is 2.21. The molecule has 2 aromatic carbocycles. The highest BCUT2D eigenvalue weighted by atomic mass is 35.5. The third-order valence-electron chi connectivity index (χ3n) is 3.77. The van der Waals surface area contributed by atoms with Crippen LogP contribution in [0.15, 0.2) is 42.5 Å². The van der Waals surface area contributed by atoms with Crippen LogP contribution in [-0.4, -0.2) is 37.6 Å². The van der Waals surface area contributed by atoms with Crippen molar-refractivity contribution in [1.82, 2.24) is 5.32 Å². The molecule has 0 aromatic heterocycles. The van der Waals surface area contributed by atoms with E-state index in [0.717, 1.165) is 0 Å². The van der Waals surface area contributed by atoms with E-state index in [-0.39, 0.29) is 30.9 Å². The summed E-state index contributed by atoms with van der Waals surface area (Å²) >= 11 is 5.88. The number of nitrogens with one attached hydrogen (secondary N) is 1. The molecule has 6 nitrogen and oxygen atoms in total. The number of benzene rings is 2. The number of hydrogen-bond acceptors (Lipinski definition) is 5. The van der Waals surface area contributed by atoms with Gasteiger partial charge < -0.3 is 19.5 Å². The van der Waals surface area contributed by atoms with Gasteiger partial charge in [-0.05, 0) is 37.3 Å². The molecule has 1 atom stereocenters. The number of fused-ring (bicyclic) bond motifs is 1. The molecule has 1 aliphatic heterocycles. The maximum absolute atomic E-state index is 12.0. The molecule has 0 spiro atoms. The van der Waals surface area contributed by atoms with Gasteiger partial charge in [0.05, 0.1) is 12.1 Å². The Hall–Kier alpha value is -2.73. The Morgan fingerprint density at radius 2 is 2.00 bits per heavy atom. The molecule has 0 saturated heterocycles.